The Morgan fingerprint density at radius 3 is 2.54 bits per heavy atom. The summed E-state index contributed by atoms with van der Waals surface area (Å²) in [5.41, 5.74) is 0.992. The number of amides is 1. The summed E-state index contributed by atoms with van der Waals surface area (Å²) in [6, 6.07) is 11.8. The van der Waals surface area contributed by atoms with Crippen LogP contribution in [0.5, 0.6) is 5.75 Å². The van der Waals surface area contributed by atoms with Gasteiger partial charge in [0.05, 0.1) is 25.7 Å². The molecule has 24 heavy (non-hydrogen) atoms. The van der Waals surface area contributed by atoms with E-state index in [0.29, 0.717) is 19.6 Å². The van der Waals surface area contributed by atoms with Gasteiger partial charge in [-0.15, -0.1) is 11.3 Å². The molecule has 5 heteroatoms. The average Bonchev–Trinajstić information content (AvgIpc) is 3.09. The Morgan fingerprint density at radius 1 is 1.21 bits per heavy atom. The largest absolute Gasteiger partial charge is 0.497 e. The van der Waals surface area contributed by atoms with Gasteiger partial charge < -0.3 is 14.8 Å². The molecule has 1 N–H and O–H groups in total. The van der Waals surface area contributed by atoms with E-state index >= 15 is 0 Å². The number of methoxy groups -OCH3 is 1. The lowest BCUT2D eigenvalue weighted by Gasteiger charge is -2.17. The minimum absolute atomic E-state index is 0.0286. The van der Waals surface area contributed by atoms with Crippen LogP contribution in [0.1, 0.15) is 30.2 Å². The minimum atomic E-state index is -0.214. The van der Waals surface area contributed by atoms with Gasteiger partial charge in [-0.25, -0.2) is 0 Å². The lowest BCUT2D eigenvalue weighted by Crippen LogP contribution is -2.33. The van der Waals surface area contributed by atoms with Gasteiger partial charge in [0.1, 0.15) is 5.75 Å². The van der Waals surface area contributed by atoms with Crippen LogP contribution in [0.25, 0.3) is 0 Å². The highest BCUT2D eigenvalue weighted by molar-refractivity contribution is 7.09. The molecule has 0 fully saturated rings. The zero-order valence-electron chi connectivity index (χ0n) is 14.5. The standard InChI is InChI=1S/C19H25NO3S/c1-14(2)23-11-10-20-19(21)18(13-17-5-4-12-24-17)15-6-8-16(22-3)9-7-15/h4-9,12,14,18H,10-11,13H2,1-3H3,(H,20,21). The third kappa shape index (κ3) is 5.65. The summed E-state index contributed by atoms with van der Waals surface area (Å²) in [6.07, 6.45) is 0.867. The average molecular weight is 347 g/mol. The van der Waals surface area contributed by atoms with E-state index in [-0.39, 0.29) is 17.9 Å². The van der Waals surface area contributed by atoms with Crippen molar-refractivity contribution in [3.05, 3.63) is 52.2 Å². The van der Waals surface area contributed by atoms with E-state index in [0.717, 1.165) is 11.3 Å². The van der Waals surface area contributed by atoms with Gasteiger partial charge in [-0.2, -0.15) is 0 Å². The fourth-order valence-electron chi connectivity index (χ4n) is 2.42. The number of nitrogens with one attached hydrogen (secondary N) is 1. The molecule has 4 nitrogen and oxygen atoms in total. The van der Waals surface area contributed by atoms with Crippen molar-refractivity contribution in [2.75, 3.05) is 20.3 Å². The highest BCUT2D eigenvalue weighted by Crippen LogP contribution is 2.25. The molecule has 0 aliphatic carbocycles. The highest BCUT2D eigenvalue weighted by Gasteiger charge is 2.21. The molecule has 0 saturated carbocycles. The second kappa shape index (κ2) is 9.45. The van der Waals surface area contributed by atoms with Gasteiger partial charge >= 0.3 is 0 Å². The van der Waals surface area contributed by atoms with Gasteiger partial charge in [-0.3, -0.25) is 4.79 Å². The van der Waals surface area contributed by atoms with Crippen molar-refractivity contribution in [3.8, 4) is 5.75 Å². The van der Waals surface area contributed by atoms with Crippen molar-refractivity contribution in [2.45, 2.75) is 32.3 Å². The topological polar surface area (TPSA) is 47.6 Å². The summed E-state index contributed by atoms with van der Waals surface area (Å²) in [7, 11) is 1.64. The van der Waals surface area contributed by atoms with E-state index < -0.39 is 0 Å². The third-order valence-corrected chi connectivity index (χ3v) is 4.57. The van der Waals surface area contributed by atoms with Crippen LogP contribution in [0.15, 0.2) is 41.8 Å². The van der Waals surface area contributed by atoms with Crippen molar-refractivity contribution >= 4 is 17.2 Å². The zero-order chi connectivity index (χ0) is 17.4. The zero-order valence-corrected chi connectivity index (χ0v) is 15.3. The summed E-state index contributed by atoms with van der Waals surface area (Å²) < 4.78 is 10.7. The predicted octanol–water partition coefficient (Wildman–Crippen LogP) is 3.62. The van der Waals surface area contributed by atoms with Crippen molar-refractivity contribution in [1.82, 2.24) is 5.32 Å². The Bertz CT molecular complexity index is 608. The van der Waals surface area contributed by atoms with E-state index in [2.05, 4.69) is 11.4 Å². The molecule has 0 saturated heterocycles. The van der Waals surface area contributed by atoms with Crippen LogP contribution < -0.4 is 10.1 Å². The Morgan fingerprint density at radius 2 is 1.96 bits per heavy atom. The van der Waals surface area contributed by atoms with Crippen LogP contribution in [0.4, 0.5) is 0 Å². The molecule has 1 atom stereocenters. The molecular formula is C19H25NO3S. The van der Waals surface area contributed by atoms with Gasteiger partial charge in [0.2, 0.25) is 5.91 Å². The van der Waals surface area contributed by atoms with Gasteiger partial charge in [0.25, 0.3) is 0 Å². The minimum Gasteiger partial charge on any atom is -0.497 e. The smallest absolute Gasteiger partial charge is 0.227 e. The molecule has 2 aromatic rings. The maximum atomic E-state index is 12.7. The molecular weight excluding hydrogens is 322 g/mol. The van der Waals surface area contributed by atoms with Crippen molar-refractivity contribution in [3.63, 3.8) is 0 Å². The first-order chi connectivity index (χ1) is 11.6. The van der Waals surface area contributed by atoms with Crippen LogP contribution in [-0.2, 0) is 16.0 Å². The van der Waals surface area contributed by atoms with Crippen LogP contribution in [0.3, 0.4) is 0 Å². The molecule has 1 aromatic heterocycles. The monoisotopic (exact) mass is 347 g/mol. The lowest BCUT2D eigenvalue weighted by atomic mass is 9.94. The van der Waals surface area contributed by atoms with Crippen LogP contribution in [-0.4, -0.2) is 32.3 Å². The molecule has 130 valence electrons. The van der Waals surface area contributed by atoms with Gasteiger partial charge in [-0.1, -0.05) is 18.2 Å². The van der Waals surface area contributed by atoms with Crippen molar-refractivity contribution in [2.24, 2.45) is 0 Å². The molecule has 0 aliphatic rings. The molecule has 0 spiro atoms. The Hall–Kier alpha value is -1.85. The van der Waals surface area contributed by atoms with Crippen LogP contribution in [0.2, 0.25) is 0 Å². The van der Waals surface area contributed by atoms with Gasteiger partial charge in [-0.05, 0) is 49.4 Å². The fourth-order valence-corrected chi connectivity index (χ4v) is 3.17. The Kier molecular flexibility index (Phi) is 7.28. The van der Waals surface area contributed by atoms with E-state index in [1.54, 1.807) is 18.4 Å². The number of hydrogen-bond donors (Lipinski definition) is 1. The van der Waals surface area contributed by atoms with E-state index in [4.69, 9.17) is 9.47 Å². The van der Waals surface area contributed by atoms with Crippen molar-refractivity contribution in [1.29, 1.82) is 0 Å². The maximum Gasteiger partial charge on any atom is 0.227 e. The van der Waals surface area contributed by atoms with Crippen LogP contribution >= 0.6 is 11.3 Å². The number of carbonyl (C=O) groups excluding carboxylic acids is 1. The predicted molar refractivity (Wildman–Crippen MR) is 97.9 cm³/mol. The molecule has 1 amide bonds. The summed E-state index contributed by atoms with van der Waals surface area (Å²) in [5, 5.41) is 5.02. The third-order valence-electron chi connectivity index (χ3n) is 3.67. The lowest BCUT2D eigenvalue weighted by molar-refractivity contribution is -0.122. The van der Waals surface area contributed by atoms with E-state index in [9.17, 15) is 4.79 Å². The fraction of sp³-hybridized carbons (Fsp3) is 0.421. The van der Waals surface area contributed by atoms with E-state index in [1.165, 1.54) is 4.88 Å². The molecule has 0 radical (unpaired) electrons. The molecule has 1 aromatic carbocycles. The maximum absolute atomic E-state index is 12.7. The van der Waals surface area contributed by atoms with E-state index in [1.807, 2.05) is 49.6 Å². The molecule has 0 aliphatic heterocycles. The number of thiophene rings is 1. The van der Waals surface area contributed by atoms with Gasteiger partial charge in [0.15, 0.2) is 0 Å². The normalized spacial score (nSPS) is 12.2. The molecule has 1 heterocycles. The first-order valence-corrected chi connectivity index (χ1v) is 9.03. The molecule has 2 rings (SSSR count). The number of carbonyl (C=O) groups is 1. The quantitative estimate of drug-likeness (QED) is 0.705. The number of rotatable bonds is 9. The Balaban J connectivity index is 2.05. The highest BCUT2D eigenvalue weighted by atomic mass is 32.1. The summed E-state index contributed by atoms with van der Waals surface area (Å²) in [6.45, 7) is 5.02. The SMILES string of the molecule is COc1ccc(C(Cc2cccs2)C(=O)NCCOC(C)C)cc1. The number of ether oxygens (including phenoxy) is 2. The van der Waals surface area contributed by atoms with Gasteiger partial charge in [0, 0.05) is 11.4 Å². The molecule has 1 unspecified atom stereocenters. The number of benzene rings is 1. The Labute approximate surface area is 147 Å². The first kappa shape index (κ1) is 18.5. The number of hydrogen-bond acceptors (Lipinski definition) is 4. The van der Waals surface area contributed by atoms with Crippen molar-refractivity contribution < 1.29 is 14.3 Å². The second-order valence-electron chi connectivity index (χ2n) is 5.82. The summed E-state index contributed by atoms with van der Waals surface area (Å²) in [5.74, 6) is 0.605. The molecule has 0 bridgehead atoms. The summed E-state index contributed by atoms with van der Waals surface area (Å²) >= 11 is 1.67. The summed E-state index contributed by atoms with van der Waals surface area (Å²) in [4.78, 5) is 13.9. The second-order valence-corrected chi connectivity index (χ2v) is 6.85. The van der Waals surface area contributed by atoms with Crippen LogP contribution in [0, 0.1) is 0 Å². The first-order valence-electron chi connectivity index (χ1n) is 8.15.